The number of amides is 1. The third-order valence-corrected chi connectivity index (χ3v) is 4.49. The molecule has 1 aliphatic heterocycles. The second-order valence-electron chi connectivity index (χ2n) is 4.94. The quantitative estimate of drug-likeness (QED) is 0.774. The molecule has 21 heavy (non-hydrogen) atoms. The van der Waals surface area contributed by atoms with E-state index in [2.05, 4.69) is 0 Å². The van der Waals surface area contributed by atoms with Crippen molar-refractivity contribution in [3.05, 3.63) is 29.6 Å². The molecule has 1 aliphatic rings. The summed E-state index contributed by atoms with van der Waals surface area (Å²) in [6, 6.07) is 4.15. The molecule has 0 radical (unpaired) electrons. The lowest BCUT2D eigenvalue weighted by molar-refractivity contribution is -0.184. The fraction of sp³-hybridized carbons (Fsp3) is 0.462. The van der Waals surface area contributed by atoms with Crippen LogP contribution in [0.25, 0.3) is 0 Å². The number of hydrogen-bond donors (Lipinski definition) is 0. The smallest absolute Gasteiger partial charge is 0.335 e. The Morgan fingerprint density at radius 2 is 2.14 bits per heavy atom. The molecular weight excluding hydrogens is 330 g/mol. The Bertz CT molecular complexity index is 537. The van der Waals surface area contributed by atoms with Crippen molar-refractivity contribution >= 4 is 27.6 Å². The van der Waals surface area contributed by atoms with Crippen LogP contribution in [0.3, 0.4) is 0 Å². The van der Waals surface area contributed by atoms with E-state index in [4.69, 9.17) is 10.7 Å². The van der Waals surface area contributed by atoms with Crippen molar-refractivity contribution in [1.82, 2.24) is 4.90 Å². The van der Waals surface area contributed by atoms with Gasteiger partial charge in [0.25, 0.3) is 0 Å². The van der Waals surface area contributed by atoms with E-state index in [1.54, 1.807) is 0 Å². The van der Waals surface area contributed by atoms with Crippen LogP contribution in [0.1, 0.15) is 12.0 Å². The Labute approximate surface area is 127 Å². The Hall–Kier alpha value is -0.950. The normalized spacial score (nSPS) is 19.1. The van der Waals surface area contributed by atoms with Crippen LogP contribution < -0.4 is 0 Å². The molecule has 1 aromatic carbocycles. The van der Waals surface area contributed by atoms with Crippen molar-refractivity contribution in [2.45, 2.75) is 23.9 Å². The Morgan fingerprint density at radius 1 is 1.43 bits per heavy atom. The monoisotopic (exact) mass is 341 g/mol. The van der Waals surface area contributed by atoms with E-state index in [1.165, 1.54) is 18.2 Å². The molecule has 8 heteroatoms. The molecule has 1 amide bonds. The van der Waals surface area contributed by atoms with Crippen LogP contribution in [0.2, 0.25) is 0 Å². The van der Waals surface area contributed by atoms with Gasteiger partial charge >= 0.3 is 12.1 Å². The molecule has 0 spiro atoms. The van der Waals surface area contributed by atoms with Gasteiger partial charge in [-0.1, -0.05) is 0 Å². The fourth-order valence-corrected chi connectivity index (χ4v) is 3.27. The molecule has 0 saturated carbocycles. The van der Waals surface area contributed by atoms with Crippen LogP contribution >= 0.6 is 21.7 Å². The first-order valence-electron chi connectivity index (χ1n) is 6.24. The van der Waals surface area contributed by atoms with E-state index in [9.17, 15) is 22.4 Å². The third kappa shape index (κ3) is 4.03. The van der Waals surface area contributed by atoms with Gasteiger partial charge in [-0.2, -0.15) is 13.2 Å². The Balaban J connectivity index is 2.03. The van der Waals surface area contributed by atoms with Crippen LogP contribution in [0, 0.1) is 11.7 Å². The number of likely N-dealkylation sites (tertiary alicyclic amines) is 1. The Kier molecular flexibility index (Phi) is 5.03. The minimum absolute atomic E-state index is 0.0290. The van der Waals surface area contributed by atoms with Crippen molar-refractivity contribution in [2.24, 2.45) is 5.92 Å². The molecule has 0 bridgehead atoms. The summed E-state index contributed by atoms with van der Waals surface area (Å²) in [7, 11) is 6.63. The maximum Gasteiger partial charge on any atom is 0.471 e. The lowest BCUT2D eigenvalue weighted by Crippen LogP contribution is -2.39. The van der Waals surface area contributed by atoms with Gasteiger partial charge in [-0.25, -0.2) is 4.39 Å². The van der Waals surface area contributed by atoms with E-state index in [1.807, 2.05) is 0 Å². The molecule has 0 aromatic heterocycles. The summed E-state index contributed by atoms with van der Waals surface area (Å²) in [5.41, 5.74) is 0.654. The zero-order valence-corrected chi connectivity index (χ0v) is 12.4. The van der Waals surface area contributed by atoms with Crippen molar-refractivity contribution in [3.8, 4) is 0 Å². The third-order valence-electron chi connectivity index (χ3n) is 3.43. The number of rotatable bonds is 3. The molecule has 0 aliphatic carbocycles. The van der Waals surface area contributed by atoms with Gasteiger partial charge < -0.3 is 4.90 Å². The lowest BCUT2D eigenvalue weighted by Gasteiger charge is -2.18. The van der Waals surface area contributed by atoms with Crippen molar-refractivity contribution in [3.63, 3.8) is 0 Å². The zero-order chi connectivity index (χ0) is 15.6. The van der Waals surface area contributed by atoms with Gasteiger partial charge in [-0.15, -0.1) is 0 Å². The van der Waals surface area contributed by atoms with Gasteiger partial charge in [0.15, 0.2) is 0 Å². The first kappa shape index (κ1) is 16.4. The number of benzene rings is 1. The van der Waals surface area contributed by atoms with Crippen LogP contribution in [0.4, 0.5) is 17.6 Å². The molecule has 0 N–H and O–H groups in total. The van der Waals surface area contributed by atoms with Gasteiger partial charge in [0, 0.05) is 18.0 Å². The Morgan fingerprint density at radius 3 is 2.76 bits per heavy atom. The molecule has 1 saturated heterocycles. The summed E-state index contributed by atoms with van der Waals surface area (Å²) in [6.45, 7) is 0.100. The van der Waals surface area contributed by atoms with E-state index in [0.717, 1.165) is 15.9 Å². The van der Waals surface area contributed by atoms with E-state index in [0.29, 0.717) is 23.3 Å². The SMILES string of the molecule is O=C(N1CC[C@@H](Cc2cc(F)ccc2SCl)C1)C(F)(F)F. The van der Waals surface area contributed by atoms with E-state index >= 15 is 0 Å². The molecule has 1 heterocycles. The van der Waals surface area contributed by atoms with Gasteiger partial charge in [-0.05, 0) is 64.2 Å². The molecule has 1 aromatic rings. The highest BCUT2D eigenvalue weighted by molar-refractivity contribution is 8.21. The second-order valence-corrected chi connectivity index (χ2v) is 5.99. The highest BCUT2D eigenvalue weighted by atomic mass is 35.7. The minimum Gasteiger partial charge on any atom is -0.335 e. The maximum atomic E-state index is 13.3. The standard InChI is InChI=1S/C13H12ClF4NOS/c14-21-11-2-1-10(15)6-9(11)5-8-3-4-19(7-8)12(20)13(16,17)18/h1-2,6,8H,3-5,7H2/t8-/m0/s1. The number of hydrogen-bond acceptors (Lipinski definition) is 2. The molecule has 1 atom stereocenters. The average Bonchev–Trinajstić information content (AvgIpc) is 2.85. The molecule has 2 nitrogen and oxygen atoms in total. The van der Waals surface area contributed by atoms with Crippen molar-refractivity contribution in [1.29, 1.82) is 0 Å². The molecule has 0 unspecified atom stereocenters. The first-order valence-corrected chi connectivity index (χ1v) is 7.88. The van der Waals surface area contributed by atoms with Crippen LogP contribution in [-0.4, -0.2) is 30.1 Å². The summed E-state index contributed by atoms with van der Waals surface area (Å²) < 4.78 is 50.3. The summed E-state index contributed by atoms with van der Waals surface area (Å²) in [5.74, 6) is -2.35. The average molecular weight is 342 g/mol. The number of halogens is 5. The predicted octanol–water partition coefficient (Wildman–Crippen LogP) is 4.02. The zero-order valence-electron chi connectivity index (χ0n) is 10.8. The maximum absolute atomic E-state index is 13.3. The molecule has 116 valence electrons. The van der Waals surface area contributed by atoms with Gasteiger partial charge in [0.1, 0.15) is 5.82 Å². The highest BCUT2D eigenvalue weighted by Gasteiger charge is 2.44. The minimum atomic E-state index is -4.84. The first-order chi connectivity index (χ1) is 9.81. The van der Waals surface area contributed by atoms with Crippen LogP contribution in [-0.2, 0) is 11.2 Å². The topological polar surface area (TPSA) is 20.3 Å². The number of carbonyl (C=O) groups is 1. The molecule has 1 fully saturated rings. The van der Waals surface area contributed by atoms with E-state index < -0.39 is 17.9 Å². The van der Waals surface area contributed by atoms with E-state index in [-0.39, 0.29) is 19.0 Å². The lowest BCUT2D eigenvalue weighted by atomic mass is 9.98. The van der Waals surface area contributed by atoms with Gasteiger partial charge in [0.05, 0.1) is 0 Å². The van der Waals surface area contributed by atoms with Gasteiger partial charge in [0.2, 0.25) is 0 Å². The summed E-state index contributed by atoms with van der Waals surface area (Å²) in [6.07, 6.45) is -3.98. The highest BCUT2D eigenvalue weighted by Crippen LogP contribution is 2.31. The largest absolute Gasteiger partial charge is 0.471 e. The summed E-state index contributed by atoms with van der Waals surface area (Å²) in [5, 5.41) is 0. The van der Waals surface area contributed by atoms with Crippen LogP contribution in [0.5, 0.6) is 0 Å². The van der Waals surface area contributed by atoms with Crippen molar-refractivity contribution in [2.75, 3.05) is 13.1 Å². The van der Waals surface area contributed by atoms with Crippen molar-refractivity contribution < 1.29 is 22.4 Å². The number of nitrogens with zero attached hydrogens (tertiary/aromatic N) is 1. The van der Waals surface area contributed by atoms with Crippen LogP contribution in [0.15, 0.2) is 23.1 Å². The predicted molar refractivity (Wildman–Crippen MR) is 72.6 cm³/mol. The number of alkyl halides is 3. The molecular formula is C13H12ClF4NOS. The summed E-state index contributed by atoms with van der Waals surface area (Å²) in [4.78, 5) is 12.6. The second kappa shape index (κ2) is 6.44. The fourth-order valence-electron chi connectivity index (χ4n) is 2.46. The molecule has 2 rings (SSSR count). The number of carbonyl (C=O) groups excluding carboxylic acids is 1. The van der Waals surface area contributed by atoms with Gasteiger partial charge in [-0.3, -0.25) is 4.79 Å². The summed E-state index contributed by atoms with van der Waals surface area (Å²) >= 11 is 0.